The van der Waals surface area contributed by atoms with E-state index in [-0.39, 0.29) is 6.42 Å². The van der Waals surface area contributed by atoms with Gasteiger partial charge in [-0.1, -0.05) is 34.9 Å². The van der Waals surface area contributed by atoms with Crippen molar-refractivity contribution in [1.29, 1.82) is 0 Å². The summed E-state index contributed by atoms with van der Waals surface area (Å²) in [5.41, 5.74) is 0.793. The molecule has 0 aromatic carbocycles. The van der Waals surface area contributed by atoms with Crippen molar-refractivity contribution in [3.63, 3.8) is 0 Å². The summed E-state index contributed by atoms with van der Waals surface area (Å²) in [5, 5.41) is 0. The lowest BCUT2D eigenvalue weighted by atomic mass is 10.2. The lowest BCUT2D eigenvalue weighted by molar-refractivity contribution is 0.587. The van der Waals surface area contributed by atoms with E-state index in [9.17, 15) is 4.57 Å². The maximum absolute atomic E-state index is 11.2. The monoisotopic (exact) mass is 302 g/mol. The SMILES string of the molecule is C/C(=C\CCl)CC(Cl)(Cl)P(=O)(Cl)Cl. The number of halogens is 5. The molecule has 78 valence electrons. The summed E-state index contributed by atoms with van der Waals surface area (Å²) in [4.78, 5) is 0. The highest BCUT2D eigenvalue weighted by atomic mass is 35.9. The molecule has 0 aliphatic carbocycles. The lowest BCUT2D eigenvalue weighted by Crippen LogP contribution is -2.08. The molecule has 0 bridgehead atoms. The third-order valence-corrected chi connectivity index (χ3v) is 6.84. The summed E-state index contributed by atoms with van der Waals surface area (Å²) >= 11 is 27.6. The molecule has 0 aliphatic rings. The molecule has 0 spiro atoms. The highest BCUT2D eigenvalue weighted by Crippen LogP contribution is 2.72. The predicted octanol–water partition coefficient (Wildman–Crippen LogP) is 5.36. The van der Waals surface area contributed by atoms with Crippen LogP contribution in [0.4, 0.5) is 0 Å². The molecule has 1 nitrogen and oxygen atoms in total. The fourth-order valence-corrected chi connectivity index (χ4v) is 2.11. The zero-order valence-corrected chi connectivity index (χ0v) is 11.4. The highest BCUT2D eigenvalue weighted by Gasteiger charge is 2.42. The second-order valence-electron chi connectivity index (χ2n) is 2.51. The van der Waals surface area contributed by atoms with Gasteiger partial charge < -0.3 is 0 Å². The molecular weight excluding hydrogens is 296 g/mol. The van der Waals surface area contributed by atoms with Gasteiger partial charge in [0.1, 0.15) is 0 Å². The molecule has 0 unspecified atom stereocenters. The second-order valence-corrected chi connectivity index (χ2v) is 9.89. The van der Waals surface area contributed by atoms with Crippen LogP contribution in [0.2, 0.25) is 0 Å². The van der Waals surface area contributed by atoms with Gasteiger partial charge in [-0.05, 0) is 29.4 Å². The van der Waals surface area contributed by atoms with Gasteiger partial charge >= 0.3 is 0 Å². The van der Waals surface area contributed by atoms with Gasteiger partial charge in [0, 0.05) is 12.3 Å². The zero-order chi connectivity index (χ0) is 10.7. The third kappa shape index (κ3) is 5.16. The molecular formula is C6H8Cl5OP. The number of hydrogen-bond donors (Lipinski definition) is 0. The summed E-state index contributed by atoms with van der Waals surface area (Å²) in [6.45, 7) is 1.76. The van der Waals surface area contributed by atoms with Gasteiger partial charge in [0.15, 0.2) is 4.07 Å². The van der Waals surface area contributed by atoms with Gasteiger partial charge in [-0.2, -0.15) is 0 Å². The topological polar surface area (TPSA) is 17.1 Å². The Labute approximate surface area is 102 Å². The van der Waals surface area contributed by atoms with E-state index in [2.05, 4.69) is 0 Å². The quantitative estimate of drug-likeness (QED) is 0.388. The molecule has 13 heavy (non-hydrogen) atoms. The first kappa shape index (κ1) is 14.4. The van der Waals surface area contributed by atoms with Crippen molar-refractivity contribution in [3.8, 4) is 0 Å². The summed E-state index contributed by atoms with van der Waals surface area (Å²) in [6, 6.07) is 0. The Kier molecular flexibility index (Phi) is 6.09. The van der Waals surface area contributed by atoms with Crippen LogP contribution in [-0.2, 0) is 4.57 Å². The minimum Gasteiger partial charge on any atom is -0.286 e. The third-order valence-electron chi connectivity index (χ3n) is 1.30. The number of rotatable bonds is 4. The Balaban J connectivity index is 4.52. The van der Waals surface area contributed by atoms with Crippen molar-refractivity contribution in [1.82, 2.24) is 0 Å². The molecule has 0 atom stereocenters. The Bertz CT molecular complexity index is 243. The van der Waals surface area contributed by atoms with Crippen molar-refractivity contribution in [2.75, 3.05) is 5.88 Å². The van der Waals surface area contributed by atoms with Crippen LogP contribution in [0.3, 0.4) is 0 Å². The smallest absolute Gasteiger partial charge is 0.286 e. The number of hydrogen-bond acceptors (Lipinski definition) is 1. The van der Waals surface area contributed by atoms with E-state index in [0.717, 1.165) is 5.57 Å². The Morgan fingerprint density at radius 1 is 1.46 bits per heavy atom. The number of alkyl halides is 3. The van der Waals surface area contributed by atoms with Gasteiger partial charge in [0.05, 0.1) is 0 Å². The summed E-state index contributed by atoms with van der Waals surface area (Å²) in [5.74, 6) is -3.22. The van der Waals surface area contributed by atoms with Crippen LogP contribution < -0.4 is 0 Å². The van der Waals surface area contributed by atoms with Crippen molar-refractivity contribution < 1.29 is 4.57 Å². The molecule has 0 N–H and O–H groups in total. The maximum Gasteiger partial charge on any atom is 0.288 e. The summed E-state index contributed by atoms with van der Waals surface area (Å²) in [7, 11) is 0. The summed E-state index contributed by atoms with van der Waals surface area (Å²) in [6.07, 6.45) is 1.83. The molecule has 0 rings (SSSR count). The van der Waals surface area contributed by atoms with E-state index in [1.54, 1.807) is 13.0 Å². The largest absolute Gasteiger partial charge is 0.288 e. The standard InChI is InChI=1S/C6H8Cl5OP/c1-5(2-3-7)4-6(8,9)13(10,11)12/h2H,3-4H2,1H3/b5-2+. The van der Waals surface area contributed by atoms with Gasteiger partial charge in [-0.15, -0.1) is 11.6 Å². The second kappa shape index (κ2) is 5.49. The van der Waals surface area contributed by atoms with E-state index in [1.165, 1.54) is 0 Å². The van der Waals surface area contributed by atoms with Crippen LogP contribution in [-0.4, -0.2) is 9.95 Å². The van der Waals surface area contributed by atoms with E-state index < -0.39 is 9.92 Å². The molecule has 0 saturated carbocycles. The Morgan fingerprint density at radius 3 is 2.23 bits per heavy atom. The maximum atomic E-state index is 11.2. The van der Waals surface area contributed by atoms with Crippen LogP contribution in [0, 0.1) is 0 Å². The Morgan fingerprint density at radius 2 is 1.92 bits per heavy atom. The fraction of sp³-hybridized carbons (Fsp3) is 0.667. The van der Waals surface area contributed by atoms with Crippen LogP contribution in [0.25, 0.3) is 0 Å². The predicted molar refractivity (Wildman–Crippen MR) is 62.8 cm³/mol. The van der Waals surface area contributed by atoms with Crippen molar-refractivity contribution in [3.05, 3.63) is 11.6 Å². The molecule has 7 heteroatoms. The molecule has 0 radical (unpaired) electrons. The van der Waals surface area contributed by atoms with Crippen LogP contribution in [0.15, 0.2) is 11.6 Å². The van der Waals surface area contributed by atoms with Crippen molar-refractivity contribution in [2.45, 2.75) is 17.4 Å². The molecule has 0 amide bonds. The van der Waals surface area contributed by atoms with Crippen LogP contribution >= 0.6 is 63.1 Å². The minimum atomic E-state index is -3.55. The number of allylic oxidation sites excluding steroid dienone is 2. The Hall–Kier alpha value is 1.42. The molecule has 0 aromatic heterocycles. The first-order valence-corrected chi connectivity index (χ1v) is 8.10. The fourth-order valence-electron chi connectivity index (χ4n) is 0.631. The first-order valence-electron chi connectivity index (χ1n) is 3.29. The highest BCUT2D eigenvalue weighted by molar-refractivity contribution is 8.11. The zero-order valence-electron chi connectivity index (χ0n) is 6.74. The van der Waals surface area contributed by atoms with E-state index in [1.807, 2.05) is 0 Å². The van der Waals surface area contributed by atoms with Crippen molar-refractivity contribution >= 4 is 63.1 Å². The molecule has 0 heterocycles. The van der Waals surface area contributed by atoms with Gasteiger partial charge in [0.2, 0.25) is 0 Å². The molecule has 0 fully saturated rings. The first-order chi connectivity index (χ1) is 5.70. The minimum absolute atomic E-state index is 0.132. The molecule has 0 aromatic rings. The normalized spacial score (nSPS) is 14.8. The average Bonchev–Trinajstić information content (AvgIpc) is 1.83. The molecule has 0 aliphatic heterocycles. The average molecular weight is 304 g/mol. The van der Waals surface area contributed by atoms with E-state index in [4.69, 9.17) is 57.3 Å². The van der Waals surface area contributed by atoms with Crippen LogP contribution in [0.5, 0.6) is 0 Å². The summed E-state index contributed by atoms with van der Waals surface area (Å²) < 4.78 is 9.55. The van der Waals surface area contributed by atoms with Crippen molar-refractivity contribution in [2.24, 2.45) is 0 Å². The van der Waals surface area contributed by atoms with Gasteiger partial charge in [-0.25, -0.2) is 0 Å². The van der Waals surface area contributed by atoms with E-state index >= 15 is 0 Å². The van der Waals surface area contributed by atoms with E-state index in [0.29, 0.717) is 5.88 Å². The van der Waals surface area contributed by atoms with Gasteiger partial charge in [0.25, 0.3) is 5.85 Å². The lowest BCUT2D eigenvalue weighted by Gasteiger charge is -2.20. The van der Waals surface area contributed by atoms with Gasteiger partial charge in [-0.3, -0.25) is 4.57 Å². The molecule has 0 saturated heterocycles. The van der Waals surface area contributed by atoms with Crippen LogP contribution in [0.1, 0.15) is 13.3 Å².